The highest BCUT2D eigenvalue weighted by atomic mass is 14.9. The molecule has 0 aliphatic heterocycles. The molecule has 0 bridgehead atoms. The van der Waals surface area contributed by atoms with Crippen LogP contribution in [0.3, 0.4) is 0 Å². The van der Waals surface area contributed by atoms with Crippen LogP contribution in [0.1, 0.15) is 63.6 Å². The molecule has 0 heterocycles. The Balaban J connectivity index is 2.13. The summed E-state index contributed by atoms with van der Waals surface area (Å²) in [6.45, 7) is 6.96. The largest absolute Gasteiger partial charge is 0.307 e. The summed E-state index contributed by atoms with van der Waals surface area (Å²) in [5.74, 6) is 0.750. The fourth-order valence-electron chi connectivity index (χ4n) is 2.93. The van der Waals surface area contributed by atoms with Crippen LogP contribution in [-0.2, 0) is 6.42 Å². The molecule has 0 radical (unpaired) electrons. The Morgan fingerprint density at radius 1 is 1.22 bits per heavy atom. The lowest BCUT2D eigenvalue weighted by Crippen LogP contribution is -2.35. The molecule has 0 amide bonds. The standard InChI is InChI=1S/C17H27N/c1-4-13(2)14(3)18-17-12-8-6-10-15-9-5-7-11-16(15)17/h5,7,9,11,13-14,17-18H,4,6,8,10,12H2,1-3H3. The summed E-state index contributed by atoms with van der Waals surface area (Å²) >= 11 is 0. The maximum absolute atomic E-state index is 3.87. The quantitative estimate of drug-likeness (QED) is 0.771. The van der Waals surface area contributed by atoms with E-state index in [1.807, 2.05) is 0 Å². The molecule has 100 valence electrons. The van der Waals surface area contributed by atoms with E-state index in [2.05, 4.69) is 50.4 Å². The van der Waals surface area contributed by atoms with Crippen molar-refractivity contribution in [1.82, 2.24) is 5.32 Å². The van der Waals surface area contributed by atoms with Gasteiger partial charge in [0.1, 0.15) is 0 Å². The average molecular weight is 245 g/mol. The van der Waals surface area contributed by atoms with E-state index in [4.69, 9.17) is 0 Å². The van der Waals surface area contributed by atoms with E-state index >= 15 is 0 Å². The van der Waals surface area contributed by atoms with Gasteiger partial charge in [0.05, 0.1) is 0 Å². The van der Waals surface area contributed by atoms with Gasteiger partial charge in [0, 0.05) is 12.1 Å². The second kappa shape index (κ2) is 6.38. The molecule has 18 heavy (non-hydrogen) atoms. The number of fused-ring (bicyclic) bond motifs is 1. The molecule has 3 unspecified atom stereocenters. The third-order valence-corrected chi connectivity index (χ3v) is 4.58. The fourth-order valence-corrected chi connectivity index (χ4v) is 2.93. The summed E-state index contributed by atoms with van der Waals surface area (Å²) in [4.78, 5) is 0. The average Bonchev–Trinajstić information content (AvgIpc) is 2.60. The van der Waals surface area contributed by atoms with Crippen LogP contribution < -0.4 is 5.32 Å². The Morgan fingerprint density at radius 2 is 2.00 bits per heavy atom. The first kappa shape index (κ1) is 13.6. The summed E-state index contributed by atoms with van der Waals surface area (Å²) in [6, 6.07) is 10.2. The van der Waals surface area contributed by atoms with Crippen molar-refractivity contribution < 1.29 is 0 Å². The predicted molar refractivity (Wildman–Crippen MR) is 78.8 cm³/mol. The molecule has 1 aliphatic carbocycles. The maximum Gasteiger partial charge on any atom is 0.0325 e. The van der Waals surface area contributed by atoms with Crippen molar-refractivity contribution in [2.24, 2.45) is 5.92 Å². The summed E-state index contributed by atoms with van der Waals surface area (Å²) in [6.07, 6.45) is 6.48. The Morgan fingerprint density at radius 3 is 2.78 bits per heavy atom. The van der Waals surface area contributed by atoms with Gasteiger partial charge in [-0.25, -0.2) is 0 Å². The molecule has 1 aliphatic rings. The van der Waals surface area contributed by atoms with Crippen LogP contribution in [-0.4, -0.2) is 6.04 Å². The number of benzene rings is 1. The second-order valence-corrected chi connectivity index (χ2v) is 5.84. The highest BCUT2D eigenvalue weighted by Crippen LogP contribution is 2.29. The van der Waals surface area contributed by atoms with E-state index in [1.165, 1.54) is 32.1 Å². The molecular formula is C17H27N. The Kier molecular flexibility index (Phi) is 4.82. The zero-order valence-corrected chi connectivity index (χ0v) is 12.1. The van der Waals surface area contributed by atoms with Crippen LogP contribution in [0.4, 0.5) is 0 Å². The number of aryl methyl sites for hydroxylation is 1. The zero-order valence-electron chi connectivity index (χ0n) is 12.1. The topological polar surface area (TPSA) is 12.0 Å². The fraction of sp³-hybridized carbons (Fsp3) is 0.647. The predicted octanol–water partition coefficient (Wildman–Crippen LogP) is 4.48. The van der Waals surface area contributed by atoms with Crippen molar-refractivity contribution in [2.45, 2.75) is 65.0 Å². The number of hydrogen-bond acceptors (Lipinski definition) is 1. The molecule has 1 aromatic rings. The van der Waals surface area contributed by atoms with Gasteiger partial charge in [0.2, 0.25) is 0 Å². The van der Waals surface area contributed by atoms with Gasteiger partial charge in [0.15, 0.2) is 0 Å². The highest BCUT2D eigenvalue weighted by molar-refractivity contribution is 5.31. The van der Waals surface area contributed by atoms with Crippen molar-refractivity contribution in [2.75, 3.05) is 0 Å². The van der Waals surface area contributed by atoms with Crippen LogP contribution in [0.15, 0.2) is 24.3 Å². The third-order valence-electron chi connectivity index (χ3n) is 4.58. The molecule has 1 aromatic carbocycles. The van der Waals surface area contributed by atoms with Crippen molar-refractivity contribution in [3.05, 3.63) is 35.4 Å². The molecule has 0 spiro atoms. The van der Waals surface area contributed by atoms with Crippen molar-refractivity contribution in [3.8, 4) is 0 Å². The SMILES string of the molecule is CCC(C)C(C)NC1CCCCc2ccccc21. The van der Waals surface area contributed by atoms with Crippen molar-refractivity contribution in [3.63, 3.8) is 0 Å². The van der Waals surface area contributed by atoms with Gasteiger partial charge in [-0.2, -0.15) is 0 Å². The molecule has 1 N–H and O–H groups in total. The third kappa shape index (κ3) is 3.14. The first-order chi connectivity index (χ1) is 8.72. The zero-order chi connectivity index (χ0) is 13.0. The molecular weight excluding hydrogens is 218 g/mol. The summed E-state index contributed by atoms with van der Waals surface area (Å²) in [5.41, 5.74) is 3.11. The van der Waals surface area contributed by atoms with Crippen LogP contribution in [0.5, 0.6) is 0 Å². The van der Waals surface area contributed by atoms with Gasteiger partial charge in [-0.3, -0.25) is 0 Å². The maximum atomic E-state index is 3.87. The van der Waals surface area contributed by atoms with E-state index in [-0.39, 0.29) is 0 Å². The Hall–Kier alpha value is -0.820. The lowest BCUT2D eigenvalue weighted by Gasteiger charge is -2.27. The van der Waals surface area contributed by atoms with Crippen LogP contribution in [0.25, 0.3) is 0 Å². The van der Waals surface area contributed by atoms with E-state index in [1.54, 1.807) is 11.1 Å². The van der Waals surface area contributed by atoms with Gasteiger partial charge in [0.25, 0.3) is 0 Å². The number of hydrogen-bond donors (Lipinski definition) is 1. The van der Waals surface area contributed by atoms with Crippen LogP contribution in [0.2, 0.25) is 0 Å². The lowest BCUT2D eigenvalue weighted by molar-refractivity contribution is 0.339. The number of nitrogens with one attached hydrogen (secondary N) is 1. The molecule has 1 nitrogen and oxygen atoms in total. The summed E-state index contributed by atoms with van der Waals surface area (Å²) in [5, 5.41) is 3.87. The molecule has 0 saturated heterocycles. The van der Waals surface area contributed by atoms with Crippen LogP contribution in [0, 0.1) is 5.92 Å². The second-order valence-electron chi connectivity index (χ2n) is 5.84. The van der Waals surface area contributed by atoms with Crippen molar-refractivity contribution in [1.29, 1.82) is 0 Å². The van der Waals surface area contributed by atoms with Gasteiger partial charge in [-0.15, -0.1) is 0 Å². The Labute approximate surface area is 112 Å². The van der Waals surface area contributed by atoms with E-state index < -0.39 is 0 Å². The normalized spacial score (nSPS) is 22.9. The van der Waals surface area contributed by atoms with Crippen molar-refractivity contribution >= 4 is 0 Å². The molecule has 2 rings (SSSR count). The molecule has 0 aromatic heterocycles. The number of rotatable bonds is 4. The van der Waals surface area contributed by atoms with E-state index in [0.717, 1.165) is 5.92 Å². The van der Waals surface area contributed by atoms with Crippen LogP contribution >= 0.6 is 0 Å². The van der Waals surface area contributed by atoms with Gasteiger partial charge in [-0.05, 0) is 43.2 Å². The molecule has 1 heteroatoms. The monoisotopic (exact) mass is 245 g/mol. The minimum Gasteiger partial charge on any atom is -0.307 e. The minimum absolute atomic E-state index is 0.563. The summed E-state index contributed by atoms with van der Waals surface area (Å²) in [7, 11) is 0. The summed E-state index contributed by atoms with van der Waals surface area (Å²) < 4.78 is 0. The Bertz CT molecular complexity index is 372. The van der Waals surface area contributed by atoms with Gasteiger partial charge in [-0.1, -0.05) is 51.0 Å². The first-order valence-electron chi connectivity index (χ1n) is 7.56. The van der Waals surface area contributed by atoms with E-state index in [0.29, 0.717) is 12.1 Å². The molecule has 0 fully saturated rings. The van der Waals surface area contributed by atoms with Gasteiger partial charge < -0.3 is 5.32 Å². The smallest absolute Gasteiger partial charge is 0.0325 e. The first-order valence-corrected chi connectivity index (χ1v) is 7.56. The lowest BCUT2D eigenvalue weighted by atomic mass is 9.95. The highest BCUT2D eigenvalue weighted by Gasteiger charge is 2.21. The molecule has 0 saturated carbocycles. The minimum atomic E-state index is 0.563. The van der Waals surface area contributed by atoms with E-state index in [9.17, 15) is 0 Å². The van der Waals surface area contributed by atoms with Gasteiger partial charge >= 0.3 is 0 Å². The molecule has 3 atom stereocenters.